The third-order valence-electron chi connectivity index (χ3n) is 16.2. The lowest BCUT2D eigenvalue weighted by Gasteiger charge is -2.60. The van der Waals surface area contributed by atoms with Gasteiger partial charge in [-0.05, 0) is 91.3 Å². The molecule has 61 heavy (non-hydrogen) atoms. The number of hydrogen-bond donors (Lipinski definition) is 8. The fourth-order valence-electron chi connectivity index (χ4n) is 13.0. The molecular weight excluding hydrogens is 800 g/mol. The number of aliphatic hydroxyl groups excluding tert-OH is 7. The summed E-state index contributed by atoms with van der Waals surface area (Å²) in [6.45, 7) is 10.4. The van der Waals surface area contributed by atoms with Gasteiger partial charge in [0, 0.05) is 12.8 Å². The molecule has 4 heterocycles. The molecule has 4 aliphatic carbocycles. The number of ketones is 1. The van der Waals surface area contributed by atoms with Crippen LogP contribution in [0.25, 0.3) is 0 Å². The third-order valence-corrected chi connectivity index (χ3v) is 16.2. The number of Topliss-reactive ketones (excluding diaryl/α,β-unsaturated/α-hetero) is 1. The monoisotopic (exact) mass is 868 g/mol. The van der Waals surface area contributed by atoms with Gasteiger partial charge in [0.15, 0.2) is 25.0 Å². The van der Waals surface area contributed by atoms with Gasteiger partial charge in [-0.15, -0.1) is 0 Å². The maximum Gasteiger partial charge on any atom is 0.335 e. The van der Waals surface area contributed by atoms with Crippen LogP contribution in [0.5, 0.6) is 0 Å². The summed E-state index contributed by atoms with van der Waals surface area (Å²) >= 11 is 0. The SMILES string of the molecule is CC(C)CC(=O)CC(C)[C@H]1CCC2C3=C[C@H]4OC[C@@H]5O[C@@H](O[C@H]6[C@@H](OC[C@H](O)[C@@H]6O)O[C@H]6[C@H](O[C@H]7CC[C@](C)(C3CC[C@@]21C)C4C7)O[C@H](C(=O)O)[C@@H](O)[C@@H]6O)[C@H](O)[C@@H](O)[C@H]5O. The highest BCUT2D eigenvalue weighted by Gasteiger charge is 2.61. The van der Waals surface area contributed by atoms with Crippen LogP contribution in [-0.2, 0) is 42.7 Å². The molecule has 0 spiro atoms. The van der Waals surface area contributed by atoms with E-state index >= 15 is 0 Å². The lowest BCUT2D eigenvalue weighted by molar-refractivity contribution is -0.386. The van der Waals surface area contributed by atoms with E-state index in [1.165, 1.54) is 5.57 Å². The van der Waals surface area contributed by atoms with Gasteiger partial charge < -0.3 is 74.0 Å². The average Bonchev–Trinajstić information content (AvgIpc) is 3.56. The lowest BCUT2D eigenvalue weighted by Crippen LogP contribution is -2.66. The zero-order valence-electron chi connectivity index (χ0n) is 35.8. The predicted octanol–water partition coefficient (Wildman–Crippen LogP) is 0.788. The number of carbonyl (C=O) groups excluding carboxylic acids is 1. The van der Waals surface area contributed by atoms with Gasteiger partial charge in [-0.3, -0.25) is 4.79 Å². The van der Waals surface area contributed by atoms with Crippen LogP contribution in [0, 0.1) is 46.3 Å². The molecule has 3 saturated carbocycles. The number of carbonyl (C=O) groups is 2. The van der Waals surface area contributed by atoms with Crippen molar-refractivity contribution >= 4 is 11.8 Å². The number of rotatable bonds is 6. The Labute approximate surface area is 356 Å². The highest BCUT2D eigenvalue weighted by molar-refractivity contribution is 5.78. The minimum atomic E-state index is -1.96. The summed E-state index contributed by atoms with van der Waals surface area (Å²) in [5.74, 6) is 0.0451. The van der Waals surface area contributed by atoms with Crippen molar-refractivity contribution in [3.05, 3.63) is 11.6 Å². The Morgan fingerprint density at radius 3 is 2.10 bits per heavy atom. The molecule has 0 radical (unpaired) electrons. The summed E-state index contributed by atoms with van der Waals surface area (Å²) < 4.78 is 43.2. The van der Waals surface area contributed by atoms with Crippen LogP contribution in [-0.4, -0.2) is 164 Å². The molecule has 8 aliphatic rings. The Bertz CT molecular complexity index is 1630. The van der Waals surface area contributed by atoms with Gasteiger partial charge in [-0.2, -0.15) is 0 Å². The van der Waals surface area contributed by atoms with Crippen molar-refractivity contribution in [1.29, 1.82) is 0 Å². The summed E-state index contributed by atoms with van der Waals surface area (Å²) in [6.07, 6.45) is -15.5. The maximum absolute atomic E-state index is 13.0. The molecule has 8 N–H and O–H groups in total. The number of ether oxygens (including phenoxy) is 7. The second kappa shape index (κ2) is 17.6. The van der Waals surface area contributed by atoms with E-state index in [1.54, 1.807) is 0 Å². The smallest absolute Gasteiger partial charge is 0.335 e. The number of carboxylic acids is 1. The molecule has 8 rings (SSSR count). The van der Waals surface area contributed by atoms with Gasteiger partial charge in [0.25, 0.3) is 0 Å². The average molecular weight is 869 g/mol. The van der Waals surface area contributed by atoms with Crippen molar-refractivity contribution in [2.45, 2.75) is 191 Å². The Morgan fingerprint density at radius 1 is 0.689 bits per heavy atom. The molecule has 4 bridgehead atoms. The first-order chi connectivity index (χ1) is 28.8. The maximum atomic E-state index is 13.0. The molecule has 0 aromatic carbocycles. The molecule has 23 atom stereocenters. The minimum Gasteiger partial charge on any atom is -0.479 e. The molecule has 4 unspecified atom stereocenters. The number of carboxylic acid groups (broad SMARTS) is 1. The van der Waals surface area contributed by atoms with Crippen LogP contribution in [0.2, 0.25) is 0 Å². The molecule has 0 amide bonds. The Balaban J connectivity index is 1.14. The summed E-state index contributed by atoms with van der Waals surface area (Å²) in [4.78, 5) is 25.3. The number of allylic oxidation sites excluding steroid dienone is 1. The normalized spacial score (nSPS) is 51.9. The Hall–Kier alpha value is -1.68. The molecule has 7 fully saturated rings. The van der Waals surface area contributed by atoms with Crippen molar-refractivity contribution in [2.75, 3.05) is 13.2 Å². The topological polar surface area (TPSA) is 261 Å². The number of fused-ring (bicyclic) bond motifs is 9. The largest absolute Gasteiger partial charge is 0.479 e. The van der Waals surface area contributed by atoms with E-state index in [9.17, 15) is 50.4 Å². The molecule has 0 aromatic heterocycles. The molecule has 17 heteroatoms. The van der Waals surface area contributed by atoms with Crippen molar-refractivity contribution in [3.8, 4) is 0 Å². The first kappa shape index (κ1) is 45.9. The fraction of sp³-hybridized carbons (Fsp3) is 0.909. The third kappa shape index (κ3) is 8.30. The van der Waals surface area contributed by atoms with E-state index in [0.717, 1.165) is 25.7 Å². The number of aliphatic carboxylic acids is 1. The summed E-state index contributed by atoms with van der Waals surface area (Å²) in [6, 6.07) is 0. The van der Waals surface area contributed by atoms with Crippen LogP contribution in [0.4, 0.5) is 0 Å². The first-order valence-electron chi connectivity index (χ1n) is 22.5. The van der Waals surface area contributed by atoms with Gasteiger partial charge in [0.05, 0.1) is 25.4 Å². The van der Waals surface area contributed by atoms with Crippen LogP contribution < -0.4 is 0 Å². The van der Waals surface area contributed by atoms with Crippen LogP contribution in [0.1, 0.15) is 92.4 Å². The molecule has 346 valence electrons. The second-order valence-corrected chi connectivity index (χ2v) is 20.5. The van der Waals surface area contributed by atoms with Crippen molar-refractivity contribution in [2.24, 2.45) is 46.3 Å². The quantitative estimate of drug-likeness (QED) is 0.172. The summed E-state index contributed by atoms with van der Waals surface area (Å²) in [5.41, 5.74) is 1.04. The van der Waals surface area contributed by atoms with E-state index in [2.05, 4.69) is 40.7 Å². The lowest BCUT2D eigenvalue weighted by atomic mass is 9.47. The second-order valence-electron chi connectivity index (χ2n) is 20.5. The van der Waals surface area contributed by atoms with Crippen LogP contribution >= 0.6 is 0 Å². The van der Waals surface area contributed by atoms with Crippen molar-refractivity contribution in [1.82, 2.24) is 0 Å². The highest BCUT2D eigenvalue weighted by Crippen LogP contribution is 2.67. The standard InChI is InChI=1S/C44H68O17/c1-18(2)12-20(45)13-19(3)23-6-7-24-22-15-28-26-14-21(8-10-44(26,5)25(22)9-11-43(23,24)4)57-42-38(34(51)33(50)36(59-42)39(53)54)61-41-37(30(47)27(46)16-56-41)60-40-35(52)32(49)31(48)29(58-40)17-55-28/h15,18-19,21,23-38,40-42,46-52H,6-14,16-17H2,1-5H3,(H,53,54)/t19?,21-,23+,24?,25?,26?,27-,28+,29-,30-,31-,32-,33-,34-,35+,36-,37+,38+,40-,41-,42+,43+,44+/m0/s1. The van der Waals surface area contributed by atoms with E-state index in [0.29, 0.717) is 49.7 Å². The summed E-state index contributed by atoms with van der Waals surface area (Å²) in [5, 5.41) is 87.4. The Morgan fingerprint density at radius 2 is 1.38 bits per heavy atom. The molecule has 17 nitrogen and oxygen atoms in total. The molecule has 0 aromatic rings. The van der Waals surface area contributed by atoms with Crippen LogP contribution in [0.15, 0.2) is 11.6 Å². The van der Waals surface area contributed by atoms with Gasteiger partial charge in [0.1, 0.15) is 66.8 Å². The molecular formula is C44H68O17. The van der Waals surface area contributed by atoms with Crippen LogP contribution in [0.3, 0.4) is 0 Å². The van der Waals surface area contributed by atoms with E-state index < -0.39 is 111 Å². The predicted molar refractivity (Wildman–Crippen MR) is 210 cm³/mol. The van der Waals surface area contributed by atoms with E-state index in [4.69, 9.17) is 33.2 Å². The van der Waals surface area contributed by atoms with Gasteiger partial charge in [-0.25, -0.2) is 4.79 Å². The van der Waals surface area contributed by atoms with Gasteiger partial charge in [-0.1, -0.05) is 46.3 Å². The van der Waals surface area contributed by atoms with E-state index in [-0.39, 0.29) is 41.1 Å². The zero-order chi connectivity index (χ0) is 43.9. The number of hydrogen-bond acceptors (Lipinski definition) is 16. The minimum absolute atomic E-state index is 0.0204. The van der Waals surface area contributed by atoms with Gasteiger partial charge >= 0.3 is 5.97 Å². The van der Waals surface area contributed by atoms with E-state index in [1.807, 2.05) is 0 Å². The first-order valence-corrected chi connectivity index (χ1v) is 22.5. The van der Waals surface area contributed by atoms with Gasteiger partial charge in [0.2, 0.25) is 0 Å². The number of aliphatic hydroxyl groups is 7. The van der Waals surface area contributed by atoms with Crippen molar-refractivity contribution < 1.29 is 83.6 Å². The highest BCUT2D eigenvalue weighted by atomic mass is 16.8. The Kier molecular flexibility index (Phi) is 13.2. The van der Waals surface area contributed by atoms with Crippen molar-refractivity contribution in [3.63, 3.8) is 0 Å². The zero-order valence-corrected chi connectivity index (χ0v) is 35.8. The molecule has 4 aliphatic heterocycles. The molecule has 4 saturated heterocycles. The summed E-state index contributed by atoms with van der Waals surface area (Å²) in [7, 11) is 0. The fourth-order valence-corrected chi connectivity index (χ4v) is 13.0.